The van der Waals surface area contributed by atoms with Gasteiger partial charge in [0.15, 0.2) is 44.0 Å². The molecule has 0 aromatic rings. The summed E-state index contributed by atoms with van der Waals surface area (Å²) in [6.07, 6.45) is -65.1. The van der Waals surface area contributed by atoms with E-state index in [9.17, 15) is 117 Å². The molecule has 38 nitrogen and oxygen atoms in total. The van der Waals surface area contributed by atoms with Crippen molar-refractivity contribution in [2.75, 3.05) is 46.2 Å². The molecule has 7 saturated heterocycles. The fraction of sp³-hybridized carbons (Fsp3) is 0.957. The summed E-state index contributed by atoms with van der Waals surface area (Å²) in [4.78, 5) is 24.6. The van der Waals surface area contributed by atoms with Gasteiger partial charge in [-0.2, -0.15) is 0 Å². The number of rotatable bonds is 21. The van der Waals surface area contributed by atoms with Crippen LogP contribution in [0.3, 0.4) is 0 Å². The van der Waals surface area contributed by atoms with Gasteiger partial charge in [0.1, 0.15) is 171 Å². The minimum absolute atomic E-state index is 0.738. The highest BCUT2D eigenvalue weighted by atomic mass is 16.8. The molecule has 0 spiro atoms. The van der Waals surface area contributed by atoms with Crippen LogP contribution < -0.4 is 10.6 Å². The smallest absolute Gasteiger partial charge is 0.217 e. The molecule has 0 radical (unpaired) electrons. The summed E-state index contributed by atoms with van der Waals surface area (Å²) >= 11 is 0. The molecule has 84 heavy (non-hydrogen) atoms. The van der Waals surface area contributed by atoms with Gasteiger partial charge in [0.25, 0.3) is 0 Å². The maximum atomic E-state index is 12.7. The lowest BCUT2D eigenvalue weighted by atomic mass is 9.94. The molecule has 38 heteroatoms. The van der Waals surface area contributed by atoms with E-state index >= 15 is 0 Å². The van der Waals surface area contributed by atoms with E-state index in [0.29, 0.717) is 0 Å². The summed E-state index contributed by atoms with van der Waals surface area (Å²) in [6.45, 7) is -4.78. The lowest BCUT2D eigenvalue weighted by Gasteiger charge is -2.50. The van der Waals surface area contributed by atoms with Gasteiger partial charge in [-0.3, -0.25) is 9.59 Å². The maximum absolute atomic E-state index is 12.7. The Balaban J connectivity index is 1.17. The van der Waals surface area contributed by atoms with E-state index in [1.807, 2.05) is 0 Å². The largest absolute Gasteiger partial charge is 0.394 e. The standard InChI is InChI=1S/C46H78N2O36/c1-10(54)47-19-26(61)36(15(6-52)74-40(19)71)81-41-20(48-11(2)55)27(62)37(16(7-53)78-41)82-46-35(70)39(84-45-33(68)30(65)23(58)14(5-51)77-45)25(60)18(80-46)9-73-43-34(69)38(83-44-32(67)29(64)22(57)13(4-50)76-44)24(59)17(79-43)8-72-42-31(66)28(63)21(56)12(3-49)75-42/h12-46,49-53,56-71H,3-9H2,1-2H3,(H,47,54)(H,48,55)/t12-,13-,14-,15-,16-,17-,18-,19-,20-,21-,22-,23-,24-,25-,26-,27-,28+,29+,30+,31+,32+,33+,34+,35+,36-,37-,38+,39+,40+,41+,42+,43+,44-,45+,46+/m1/s1. The zero-order chi connectivity index (χ0) is 61.9. The molecular formula is C46H78N2O36. The van der Waals surface area contributed by atoms with Crippen molar-refractivity contribution >= 4 is 11.8 Å². The highest BCUT2D eigenvalue weighted by Crippen LogP contribution is 2.37. The van der Waals surface area contributed by atoms with Crippen LogP contribution in [0.1, 0.15) is 13.8 Å². The summed E-state index contributed by atoms with van der Waals surface area (Å²) < 4.78 is 74.3. The van der Waals surface area contributed by atoms with Gasteiger partial charge in [0.05, 0.1) is 46.2 Å². The van der Waals surface area contributed by atoms with E-state index in [1.165, 1.54) is 0 Å². The summed E-state index contributed by atoms with van der Waals surface area (Å²) in [6, 6.07) is -3.37. The Labute approximate surface area is 475 Å². The van der Waals surface area contributed by atoms with Crippen LogP contribution in [-0.2, 0) is 71.2 Å². The van der Waals surface area contributed by atoms with E-state index in [2.05, 4.69) is 10.6 Å². The van der Waals surface area contributed by atoms with E-state index < -0.39 is 273 Å². The maximum Gasteiger partial charge on any atom is 0.217 e. The fourth-order valence-electron chi connectivity index (χ4n) is 10.6. The van der Waals surface area contributed by atoms with Gasteiger partial charge < -0.3 is 179 Å². The Hall–Kier alpha value is -2.42. The van der Waals surface area contributed by atoms with Crippen LogP contribution in [0.25, 0.3) is 0 Å². The molecule has 7 aliphatic heterocycles. The molecular weight excluding hydrogens is 1160 g/mol. The third-order valence-corrected chi connectivity index (χ3v) is 15.3. The van der Waals surface area contributed by atoms with Crippen LogP contribution in [0.4, 0.5) is 0 Å². The highest BCUT2D eigenvalue weighted by molar-refractivity contribution is 5.73. The van der Waals surface area contributed by atoms with Crippen LogP contribution in [0.2, 0.25) is 0 Å². The molecule has 0 unspecified atom stereocenters. The fourth-order valence-corrected chi connectivity index (χ4v) is 10.6. The van der Waals surface area contributed by atoms with Gasteiger partial charge in [0.2, 0.25) is 11.8 Å². The van der Waals surface area contributed by atoms with Crippen LogP contribution in [0, 0.1) is 0 Å². The molecule has 0 saturated carbocycles. The molecule has 7 rings (SSSR count). The number of hydrogen-bond donors (Lipinski definition) is 23. The van der Waals surface area contributed by atoms with Crippen LogP contribution in [-0.4, -0.2) is 380 Å². The molecule has 7 aliphatic rings. The quantitative estimate of drug-likeness (QED) is 0.0507. The first-order chi connectivity index (χ1) is 39.7. The van der Waals surface area contributed by atoms with Crippen molar-refractivity contribution in [3.8, 4) is 0 Å². The number of hydrogen-bond acceptors (Lipinski definition) is 36. The minimum atomic E-state index is -2.34. The lowest BCUT2D eigenvalue weighted by Crippen LogP contribution is -2.70. The second kappa shape index (κ2) is 29.9. The number of carbonyl (C=O) groups excluding carboxylic acids is 2. The van der Waals surface area contributed by atoms with Crippen molar-refractivity contribution in [3.05, 3.63) is 0 Å². The molecule has 7 heterocycles. The third kappa shape index (κ3) is 14.9. The Bertz CT molecular complexity index is 2060. The summed E-state index contributed by atoms with van der Waals surface area (Å²) in [5.41, 5.74) is 0. The average molecular weight is 1240 g/mol. The number of nitrogens with one attached hydrogen (secondary N) is 2. The Kier molecular flexibility index (Phi) is 24.6. The highest BCUT2D eigenvalue weighted by Gasteiger charge is 2.58. The average Bonchev–Trinajstić information content (AvgIpc) is 1.85. The van der Waals surface area contributed by atoms with Gasteiger partial charge in [-0.25, -0.2) is 0 Å². The number of amides is 2. The molecule has 0 aromatic heterocycles. The minimum Gasteiger partial charge on any atom is -0.394 e. The van der Waals surface area contributed by atoms with Crippen molar-refractivity contribution in [1.82, 2.24) is 10.6 Å². The van der Waals surface area contributed by atoms with Crippen molar-refractivity contribution in [1.29, 1.82) is 0 Å². The monoisotopic (exact) mass is 1230 g/mol. The summed E-state index contributed by atoms with van der Waals surface area (Å²) in [5, 5.41) is 231. The second-order valence-corrected chi connectivity index (χ2v) is 21.1. The molecule has 23 N–H and O–H groups in total. The molecule has 0 aromatic carbocycles. The number of ether oxygens (including phenoxy) is 13. The van der Waals surface area contributed by atoms with E-state index in [0.717, 1.165) is 13.8 Å². The topological polar surface area (TPSA) is 603 Å². The van der Waals surface area contributed by atoms with Gasteiger partial charge in [-0.1, -0.05) is 0 Å². The Morgan fingerprint density at radius 3 is 1.04 bits per heavy atom. The molecule has 0 bridgehead atoms. The van der Waals surface area contributed by atoms with Gasteiger partial charge in [-0.15, -0.1) is 0 Å². The zero-order valence-corrected chi connectivity index (χ0v) is 44.7. The van der Waals surface area contributed by atoms with Crippen molar-refractivity contribution < 1.29 is 178 Å². The normalized spacial score (nSPS) is 50.3. The van der Waals surface area contributed by atoms with Crippen LogP contribution >= 0.6 is 0 Å². The van der Waals surface area contributed by atoms with Crippen molar-refractivity contribution in [3.63, 3.8) is 0 Å². The summed E-state index contributed by atoms with van der Waals surface area (Å²) in [7, 11) is 0. The predicted molar refractivity (Wildman–Crippen MR) is 255 cm³/mol. The number of aliphatic hydroxyl groups is 21. The van der Waals surface area contributed by atoms with Gasteiger partial charge >= 0.3 is 0 Å². The van der Waals surface area contributed by atoms with Crippen LogP contribution in [0.5, 0.6) is 0 Å². The molecule has 2 amide bonds. The zero-order valence-electron chi connectivity index (χ0n) is 44.7. The molecule has 0 aliphatic carbocycles. The van der Waals surface area contributed by atoms with E-state index in [1.54, 1.807) is 0 Å². The van der Waals surface area contributed by atoms with Gasteiger partial charge in [0, 0.05) is 13.8 Å². The van der Waals surface area contributed by atoms with E-state index in [4.69, 9.17) is 61.6 Å². The third-order valence-electron chi connectivity index (χ3n) is 15.3. The van der Waals surface area contributed by atoms with Gasteiger partial charge in [-0.05, 0) is 0 Å². The number of carbonyl (C=O) groups is 2. The van der Waals surface area contributed by atoms with Crippen molar-refractivity contribution in [2.45, 2.75) is 229 Å². The predicted octanol–water partition coefficient (Wildman–Crippen LogP) is -16.0. The lowest BCUT2D eigenvalue weighted by molar-refractivity contribution is -0.387. The first-order valence-corrected chi connectivity index (χ1v) is 26.6. The Morgan fingerprint density at radius 1 is 0.310 bits per heavy atom. The van der Waals surface area contributed by atoms with E-state index in [-0.39, 0.29) is 0 Å². The molecule has 7 fully saturated rings. The molecule has 488 valence electrons. The SMILES string of the molecule is CC(=O)N[C@@H]1[C@@H](O)[C@H](O[C@@H]2O[C@H](CO)[C@@H](O[C@@H]3O[C@H](CO[C@H]4O[C@H](CO[C@H]5O[C@H](CO)[C@@H](O)[C@H](O)[C@@H]5O)[C@@H](O)[C@H](O[C@H]5O[C@H](CO)[C@@H](O)[C@H](O)[C@@H]5O)[C@@H]4O)[C@@H](O)[C@H](O[C@@H]4O[C@H](CO)[C@@H](O)[C@H](O)[C@@H]4O)[C@@H]3O)[C@H](O)[C@H]2NC(C)=O)[C@@H](CO)O[C@@H]1O. The molecule has 35 atom stereocenters. The van der Waals surface area contributed by atoms with Crippen LogP contribution in [0.15, 0.2) is 0 Å². The van der Waals surface area contributed by atoms with Crippen molar-refractivity contribution in [2.24, 2.45) is 0 Å². The second-order valence-electron chi connectivity index (χ2n) is 21.1. The Morgan fingerprint density at radius 2 is 0.607 bits per heavy atom. The number of aliphatic hydroxyl groups excluding tert-OH is 21. The summed E-state index contributed by atoms with van der Waals surface area (Å²) in [5.74, 6) is -1.61. The first-order valence-electron chi connectivity index (χ1n) is 26.6. The first kappa shape index (κ1) is 69.1.